The lowest BCUT2D eigenvalue weighted by Gasteiger charge is -2.31. The van der Waals surface area contributed by atoms with Crippen LogP contribution in [0.1, 0.15) is 41.4 Å². The Morgan fingerprint density at radius 3 is 2.29 bits per heavy atom. The molecule has 5 heterocycles. The van der Waals surface area contributed by atoms with Crippen molar-refractivity contribution in [3.8, 4) is 33.8 Å². The molecule has 11 heteroatoms. The molecule has 0 atom stereocenters. The highest BCUT2D eigenvalue weighted by Gasteiger charge is 2.30. The van der Waals surface area contributed by atoms with Gasteiger partial charge in [0, 0.05) is 46.8 Å². The van der Waals surface area contributed by atoms with Crippen LogP contribution >= 0.6 is 0 Å². The number of halogens is 3. The van der Waals surface area contributed by atoms with E-state index in [0.717, 1.165) is 95.2 Å². The molecule has 8 rings (SSSR count). The Morgan fingerprint density at radius 2 is 1.56 bits per heavy atom. The molecule has 240 valence electrons. The second kappa shape index (κ2) is 12.0. The molecule has 48 heavy (non-hydrogen) atoms. The van der Waals surface area contributed by atoms with E-state index in [4.69, 9.17) is 4.98 Å². The van der Waals surface area contributed by atoms with Crippen molar-refractivity contribution in [1.29, 1.82) is 0 Å². The van der Waals surface area contributed by atoms with Crippen LogP contribution in [0.3, 0.4) is 0 Å². The Balaban J connectivity index is 0.974. The van der Waals surface area contributed by atoms with E-state index in [1.807, 2.05) is 41.9 Å². The highest BCUT2D eigenvalue weighted by Crippen LogP contribution is 2.35. The maximum absolute atomic E-state index is 12.9. The third kappa shape index (κ3) is 5.81. The number of aromatic nitrogens is 7. The maximum atomic E-state index is 12.9. The number of hydrogen-bond acceptors (Lipinski definition) is 6. The third-order valence-electron chi connectivity index (χ3n) is 9.05. The zero-order chi connectivity index (χ0) is 32.8. The monoisotopic (exact) mass is 644 g/mol. The Kier molecular flexibility index (Phi) is 7.48. The summed E-state index contributed by atoms with van der Waals surface area (Å²) >= 11 is 0. The van der Waals surface area contributed by atoms with Gasteiger partial charge in [-0.15, -0.1) is 0 Å². The molecule has 1 N–H and O–H groups in total. The van der Waals surface area contributed by atoms with E-state index >= 15 is 0 Å². The van der Waals surface area contributed by atoms with Crippen molar-refractivity contribution < 1.29 is 13.2 Å². The van der Waals surface area contributed by atoms with Crippen LogP contribution in [0, 0.1) is 6.92 Å². The van der Waals surface area contributed by atoms with Crippen LogP contribution in [-0.4, -0.2) is 52.8 Å². The number of alkyl halides is 3. The number of rotatable bonds is 6. The zero-order valence-electron chi connectivity index (χ0n) is 26.1. The summed E-state index contributed by atoms with van der Waals surface area (Å²) in [4.78, 5) is 16.8. The number of H-pyrrole nitrogens is 1. The predicted octanol–water partition coefficient (Wildman–Crippen LogP) is 8.10. The number of nitrogens with zero attached hydrogens (tertiary/aromatic N) is 7. The van der Waals surface area contributed by atoms with E-state index in [1.165, 1.54) is 17.7 Å². The van der Waals surface area contributed by atoms with Crippen molar-refractivity contribution >= 4 is 16.7 Å². The number of benzene rings is 3. The Bertz CT molecular complexity index is 2210. The molecule has 8 nitrogen and oxygen atoms in total. The van der Waals surface area contributed by atoms with Gasteiger partial charge in [0.25, 0.3) is 0 Å². The number of aryl methyl sites for hydroxylation is 1. The lowest BCUT2D eigenvalue weighted by Crippen LogP contribution is -2.32. The molecule has 1 fully saturated rings. The molecule has 1 aliphatic heterocycles. The Hall–Kier alpha value is -5.42. The van der Waals surface area contributed by atoms with Crippen LogP contribution in [0.2, 0.25) is 0 Å². The fraction of sp³-hybridized carbons (Fsp3) is 0.216. The van der Waals surface area contributed by atoms with Crippen LogP contribution in [0.15, 0.2) is 97.2 Å². The summed E-state index contributed by atoms with van der Waals surface area (Å²) in [6.07, 6.45) is -0.679. The Morgan fingerprint density at radius 1 is 0.833 bits per heavy atom. The first kappa shape index (κ1) is 29.9. The van der Waals surface area contributed by atoms with Crippen LogP contribution in [0.25, 0.3) is 50.5 Å². The first-order valence-electron chi connectivity index (χ1n) is 15.9. The number of pyridine rings is 1. The molecule has 4 aromatic heterocycles. The highest BCUT2D eigenvalue weighted by molar-refractivity contribution is 5.90. The van der Waals surface area contributed by atoms with Crippen molar-refractivity contribution in [3.05, 3.63) is 120 Å². The van der Waals surface area contributed by atoms with Gasteiger partial charge in [-0.1, -0.05) is 66.7 Å². The zero-order valence-corrected chi connectivity index (χ0v) is 26.1. The van der Waals surface area contributed by atoms with E-state index in [1.54, 1.807) is 0 Å². The number of nitrogens with one attached hydrogen (secondary N) is 1. The molecule has 0 amide bonds. The maximum Gasteiger partial charge on any atom is 0.416 e. The van der Waals surface area contributed by atoms with Crippen LogP contribution in [-0.2, 0) is 12.7 Å². The lowest BCUT2D eigenvalue weighted by atomic mass is 9.95. The number of likely N-dealkylation sites (tertiary alicyclic amines) is 1. The van der Waals surface area contributed by atoms with Gasteiger partial charge in [-0.3, -0.25) is 10.00 Å². The normalized spacial score (nSPS) is 14.7. The predicted molar refractivity (Wildman–Crippen MR) is 178 cm³/mol. The molecule has 1 aliphatic rings. The van der Waals surface area contributed by atoms with E-state index in [2.05, 4.69) is 72.6 Å². The quantitative estimate of drug-likeness (QED) is 0.197. The molecule has 7 aromatic rings. The van der Waals surface area contributed by atoms with Crippen molar-refractivity contribution in [2.24, 2.45) is 0 Å². The standard InChI is InChI=1S/C37H31F3N8/c1-23-19-32-41-21-29-20-31(25-5-3-2-4-6-25)33(42-36(29)48(32)46-23)26-9-7-24(8-10-26)22-47-17-15-28(16-18-47)35-43-34(44-45-35)27-11-13-30(14-12-27)37(38,39)40/h2-14,19-21,28H,15-18,22H2,1H3,(H,43,44,45). The van der Waals surface area contributed by atoms with Crippen molar-refractivity contribution in [1.82, 2.24) is 39.7 Å². The summed E-state index contributed by atoms with van der Waals surface area (Å²) in [6, 6.07) is 28.0. The fourth-order valence-electron chi connectivity index (χ4n) is 6.50. The topological polar surface area (TPSA) is 87.9 Å². The van der Waals surface area contributed by atoms with Gasteiger partial charge in [0.15, 0.2) is 17.1 Å². The molecule has 0 spiro atoms. The third-order valence-corrected chi connectivity index (χ3v) is 9.05. The summed E-state index contributed by atoms with van der Waals surface area (Å²) in [5.74, 6) is 1.41. The molecule has 0 unspecified atom stereocenters. The molecular formula is C37H31F3N8. The van der Waals surface area contributed by atoms with Crippen molar-refractivity contribution in [3.63, 3.8) is 0 Å². The summed E-state index contributed by atoms with van der Waals surface area (Å²) in [7, 11) is 0. The van der Waals surface area contributed by atoms with Crippen LogP contribution in [0.5, 0.6) is 0 Å². The van der Waals surface area contributed by atoms with Gasteiger partial charge in [0.05, 0.1) is 17.0 Å². The first-order valence-corrected chi connectivity index (χ1v) is 15.9. The van der Waals surface area contributed by atoms with E-state index in [-0.39, 0.29) is 5.92 Å². The summed E-state index contributed by atoms with van der Waals surface area (Å²) in [5, 5.41) is 12.9. The second-order valence-electron chi connectivity index (χ2n) is 12.3. The average Bonchev–Trinajstić information content (AvgIpc) is 3.76. The van der Waals surface area contributed by atoms with Gasteiger partial charge < -0.3 is 0 Å². The largest absolute Gasteiger partial charge is 0.416 e. The van der Waals surface area contributed by atoms with E-state index in [0.29, 0.717) is 11.4 Å². The van der Waals surface area contributed by atoms with Crippen molar-refractivity contribution in [2.75, 3.05) is 13.1 Å². The van der Waals surface area contributed by atoms with Gasteiger partial charge in [-0.05, 0) is 62.2 Å². The second-order valence-corrected chi connectivity index (χ2v) is 12.3. The van der Waals surface area contributed by atoms with Gasteiger partial charge in [-0.25, -0.2) is 15.0 Å². The molecule has 0 saturated carbocycles. The molecule has 1 saturated heterocycles. The molecular weight excluding hydrogens is 613 g/mol. The summed E-state index contributed by atoms with van der Waals surface area (Å²) < 4.78 is 40.6. The lowest BCUT2D eigenvalue weighted by molar-refractivity contribution is -0.137. The summed E-state index contributed by atoms with van der Waals surface area (Å²) in [5.41, 5.74) is 7.57. The average molecular weight is 645 g/mol. The van der Waals surface area contributed by atoms with Crippen LogP contribution in [0.4, 0.5) is 13.2 Å². The fourth-order valence-corrected chi connectivity index (χ4v) is 6.50. The van der Waals surface area contributed by atoms with E-state index < -0.39 is 11.7 Å². The molecule has 0 bridgehead atoms. The molecule has 0 aliphatic carbocycles. The molecule has 0 radical (unpaired) electrons. The van der Waals surface area contributed by atoms with Crippen molar-refractivity contribution in [2.45, 2.75) is 38.4 Å². The SMILES string of the molecule is Cc1cc2ncc3cc(-c4ccccc4)c(-c4ccc(CN5CCC(c6nc(-c7ccc(C(F)(F)F)cc7)n[nH]6)CC5)cc4)nc3n2n1. The minimum Gasteiger partial charge on any atom is -0.299 e. The number of aromatic amines is 1. The smallest absolute Gasteiger partial charge is 0.299 e. The van der Waals surface area contributed by atoms with Gasteiger partial charge in [0.1, 0.15) is 5.82 Å². The van der Waals surface area contributed by atoms with E-state index in [9.17, 15) is 13.2 Å². The number of fused-ring (bicyclic) bond motifs is 3. The number of piperidine rings is 1. The Labute approximate surface area is 274 Å². The first-order chi connectivity index (χ1) is 23.3. The minimum absolute atomic E-state index is 0.218. The number of hydrogen-bond donors (Lipinski definition) is 1. The molecule has 3 aromatic carbocycles. The van der Waals surface area contributed by atoms with Crippen LogP contribution < -0.4 is 0 Å². The van der Waals surface area contributed by atoms with Gasteiger partial charge >= 0.3 is 6.18 Å². The summed E-state index contributed by atoms with van der Waals surface area (Å²) in [6.45, 7) is 4.59. The van der Waals surface area contributed by atoms with Gasteiger partial charge in [-0.2, -0.15) is 27.9 Å². The minimum atomic E-state index is -4.37. The van der Waals surface area contributed by atoms with Gasteiger partial charge in [0.2, 0.25) is 0 Å². The highest BCUT2D eigenvalue weighted by atomic mass is 19.4.